The van der Waals surface area contributed by atoms with E-state index < -0.39 is 12.0 Å². The van der Waals surface area contributed by atoms with Crippen molar-refractivity contribution in [2.75, 3.05) is 11.9 Å². The molecule has 0 saturated heterocycles. The number of urea groups is 1. The monoisotopic (exact) mass is 286 g/mol. The van der Waals surface area contributed by atoms with Crippen molar-refractivity contribution in [3.8, 4) is 12.3 Å². The number of carboxylic acid groups (broad SMARTS) is 1. The first kappa shape index (κ1) is 14.9. The van der Waals surface area contributed by atoms with Gasteiger partial charge >= 0.3 is 12.0 Å². The van der Waals surface area contributed by atoms with Gasteiger partial charge in [-0.1, -0.05) is 24.8 Å². The molecule has 1 aliphatic rings. The van der Waals surface area contributed by atoms with Crippen LogP contribution in [0.3, 0.4) is 0 Å². The third kappa shape index (κ3) is 3.99. The second-order valence-electron chi connectivity index (χ2n) is 5.12. The predicted octanol–water partition coefficient (Wildman–Crippen LogP) is 2.53. The minimum atomic E-state index is -1.01. The molecule has 1 aliphatic carbocycles. The van der Waals surface area contributed by atoms with Crippen LogP contribution in [0.5, 0.6) is 0 Å². The number of benzene rings is 1. The van der Waals surface area contributed by atoms with Crippen LogP contribution in [0.25, 0.3) is 0 Å². The number of aliphatic carboxylic acids is 1. The highest BCUT2D eigenvalue weighted by molar-refractivity contribution is 5.91. The summed E-state index contributed by atoms with van der Waals surface area (Å²) >= 11 is 0. The Morgan fingerprint density at radius 1 is 1.38 bits per heavy atom. The topological polar surface area (TPSA) is 69.6 Å². The van der Waals surface area contributed by atoms with Crippen LogP contribution >= 0.6 is 0 Å². The molecule has 2 N–H and O–H groups in total. The van der Waals surface area contributed by atoms with Crippen LogP contribution in [-0.2, 0) is 4.79 Å². The molecule has 0 radical (unpaired) electrons. The van der Waals surface area contributed by atoms with Gasteiger partial charge < -0.3 is 15.3 Å². The summed E-state index contributed by atoms with van der Waals surface area (Å²) in [5, 5.41) is 11.7. The van der Waals surface area contributed by atoms with Gasteiger partial charge in [0, 0.05) is 17.3 Å². The highest BCUT2D eigenvalue weighted by Gasteiger charge is 2.28. The summed E-state index contributed by atoms with van der Waals surface area (Å²) in [6.45, 7) is -0.286. The van der Waals surface area contributed by atoms with Gasteiger partial charge in [0.25, 0.3) is 0 Å². The van der Waals surface area contributed by atoms with Crippen LogP contribution in [0.4, 0.5) is 10.5 Å². The van der Waals surface area contributed by atoms with Gasteiger partial charge in [-0.25, -0.2) is 4.79 Å². The normalized spacial score (nSPS) is 14.4. The fraction of sp³-hybridized carbons (Fsp3) is 0.375. The Balaban J connectivity index is 2.10. The molecule has 0 spiro atoms. The number of hydrogen-bond donors (Lipinski definition) is 2. The Morgan fingerprint density at radius 3 is 2.71 bits per heavy atom. The molecule has 1 aromatic carbocycles. The smallest absolute Gasteiger partial charge is 0.323 e. The van der Waals surface area contributed by atoms with E-state index >= 15 is 0 Å². The number of nitrogens with one attached hydrogen (secondary N) is 1. The highest BCUT2D eigenvalue weighted by Crippen LogP contribution is 2.24. The number of amides is 2. The van der Waals surface area contributed by atoms with Crippen molar-refractivity contribution in [2.45, 2.75) is 31.7 Å². The van der Waals surface area contributed by atoms with E-state index in [1.807, 2.05) is 0 Å². The van der Waals surface area contributed by atoms with Crippen molar-refractivity contribution in [3.63, 3.8) is 0 Å². The predicted molar refractivity (Wildman–Crippen MR) is 80.0 cm³/mol. The number of rotatable bonds is 4. The maximum atomic E-state index is 12.3. The second kappa shape index (κ2) is 6.80. The summed E-state index contributed by atoms with van der Waals surface area (Å²) in [6, 6.07) is 6.54. The van der Waals surface area contributed by atoms with Crippen LogP contribution in [0.2, 0.25) is 0 Å². The van der Waals surface area contributed by atoms with Gasteiger partial charge in [0.2, 0.25) is 0 Å². The summed E-state index contributed by atoms with van der Waals surface area (Å²) < 4.78 is 0. The van der Waals surface area contributed by atoms with E-state index in [4.69, 9.17) is 11.5 Å². The molecule has 1 aromatic rings. The van der Waals surface area contributed by atoms with Gasteiger partial charge in [-0.2, -0.15) is 0 Å². The third-order valence-corrected chi connectivity index (χ3v) is 3.61. The maximum absolute atomic E-state index is 12.3. The summed E-state index contributed by atoms with van der Waals surface area (Å²) in [4.78, 5) is 24.7. The van der Waals surface area contributed by atoms with Crippen molar-refractivity contribution in [3.05, 3.63) is 29.8 Å². The zero-order valence-electron chi connectivity index (χ0n) is 11.7. The van der Waals surface area contributed by atoms with Crippen LogP contribution in [0.15, 0.2) is 24.3 Å². The number of carbonyl (C=O) groups is 2. The number of anilines is 1. The zero-order valence-corrected chi connectivity index (χ0v) is 11.7. The van der Waals surface area contributed by atoms with Crippen molar-refractivity contribution in [2.24, 2.45) is 0 Å². The lowest BCUT2D eigenvalue weighted by Gasteiger charge is -2.27. The average Bonchev–Trinajstić information content (AvgIpc) is 2.98. The van der Waals surface area contributed by atoms with E-state index in [2.05, 4.69) is 11.2 Å². The zero-order chi connectivity index (χ0) is 15.2. The molecule has 1 saturated carbocycles. The van der Waals surface area contributed by atoms with Crippen LogP contribution < -0.4 is 5.32 Å². The first-order valence-corrected chi connectivity index (χ1v) is 6.96. The molecule has 110 valence electrons. The molecule has 2 rings (SSSR count). The summed E-state index contributed by atoms with van der Waals surface area (Å²) in [5.41, 5.74) is 1.24. The van der Waals surface area contributed by atoms with Gasteiger partial charge in [-0.3, -0.25) is 4.79 Å². The number of terminal acetylenes is 1. The minimum absolute atomic E-state index is 0.00286. The lowest BCUT2D eigenvalue weighted by molar-refractivity contribution is -0.138. The number of carbonyl (C=O) groups excluding carboxylic acids is 1. The van der Waals surface area contributed by atoms with E-state index in [9.17, 15) is 9.59 Å². The van der Waals surface area contributed by atoms with Gasteiger partial charge in [-0.15, -0.1) is 6.42 Å². The van der Waals surface area contributed by atoms with Crippen LogP contribution in [0.1, 0.15) is 31.2 Å². The van der Waals surface area contributed by atoms with E-state index in [-0.39, 0.29) is 12.6 Å². The molecule has 5 heteroatoms. The Hall–Kier alpha value is -2.48. The van der Waals surface area contributed by atoms with Crippen molar-refractivity contribution in [1.82, 2.24) is 4.90 Å². The Bertz CT molecular complexity index is 571. The summed E-state index contributed by atoms with van der Waals surface area (Å²) in [6.07, 6.45) is 9.09. The number of carboxylic acids is 1. The molecule has 0 unspecified atom stereocenters. The Labute approximate surface area is 124 Å². The van der Waals surface area contributed by atoms with Crippen molar-refractivity contribution >= 4 is 17.7 Å². The minimum Gasteiger partial charge on any atom is -0.480 e. The van der Waals surface area contributed by atoms with E-state index in [0.717, 1.165) is 25.7 Å². The fourth-order valence-electron chi connectivity index (χ4n) is 2.61. The lowest BCUT2D eigenvalue weighted by Crippen LogP contribution is -2.44. The Morgan fingerprint density at radius 2 is 2.10 bits per heavy atom. The third-order valence-electron chi connectivity index (χ3n) is 3.61. The molecule has 1 fully saturated rings. The molecule has 0 aromatic heterocycles. The molecule has 0 heterocycles. The van der Waals surface area contributed by atoms with E-state index in [1.54, 1.807) is 24.3 Å². The molecule has 2 amide bonds. The van der Waals surface area contributed by atoms with Gasteiger partial charge in [-0.05, 0) is 31.0 Å². The second-order valence-corrected chi connectivity index (χ2v) is 5.12. The largest absolute Gasteiger partial charge is 0.480 e. The molecular weight excluding hydrogens is 268 g/mol. The van der Waals surface area contributed by atoms with Gasteiger partial charge in [0.05, 0.1) is 0 Å². The molecule has 0 bridgehead atoms. The molecule has 0 atom stereocenters. The molecular formula is C16H18N2O3. The number of hydrogen-bond acceptors (Lipinski definition) is 2. The summed E-state index contributed by atoms with van der Waals surface area (Å²) in [7, 11) is 0. The molecule has 5 nitrogen and oxygen atoms in total. The lowest BCUT2D eigenvalue weighted by atomic mass is 10.2. The molecule has 0 aliphatic heterocycles. The average molecular weight is 286 g/mol. The fourth-order valence-corrected chi connectivity index (χ4v) is 2.61. The van der Waals surface area contributed by atoms with Crippen molar-refractivity contribution < 1.29 is 14.7 Å². The van der Waals surface area contributed by atoms with Crippen LogP contribution in [-0.4, -0.2) is 34.6 Å². The maximum Gasteiger partial charge on any atom is 0.323 e. The quantitative estimate of drug-likeness (QED) is 0.836. The SMILES string of the molecule is C#Cc1cccc(NC(=O)N(CC(=O)O)C2CCCC2)c1. The Kier molecular flexibility index (Phi) is 4.83. The van der Waals surface area contributed by atoms with E-state index in [0.29, 0.717) is 11.3 Å². The standard InChI is InChI=1S/C16H18N2O3/c1-2-12-6-5-7-13(10-12)17-16(21)18(11-15(19)20)14-8-3-4-9-14/h1,5-7,10,14H,3-4,8-9,11H2,(H,17,21)(H,19,20). The summed E-state index contributed by atoms with van der Waals surface area (Å²) in [5.74, 6) is 1.49. The first-order chi connectivity index (χ1) is 10.1. The van der Waals surface area contributed by atoms with Gasteiger partial charge in [0.1, 0.15) is 6.54 Å². The van der Waals surface area contributed by atoms with Crippen LogP contribution in [0, 0.1) is 12.3 Å². The molecule has 21 heavy (non-hydrogen) atoms. The number of nitrogens with zero attached hydrogens (tertiary/aromatic N) is 1. The van der Waals surface area contributed by atoms with Gasteiger partial charge in [0.15, 0.2) is 0 Å². The van der Waals surface area contributed by atoms with E-state index in [1.165, 1.54) is 4.90 Å². The van der Waals surface area contributed by atoms with Crippen molar-refractivity contribution in [1.29, 1.82) is 0 Å². The first-order valence-electron chi connectivity index (χ1n) is 6.96. The highest BCUT2D eigenvalue weighted by atomic mass is 16.4.